The quantitative estimate of drug-likeness (QED) is 0.613. The molecule has 1 N–H and O–H groups in total. The molecule has 0 spiro atoms. The number of aryl methyl sites for hydroxylation is 2. The second kappa shape index (κ2) is 9.76. The van der Waals surface area contributed by atoms with Crippen LogP contribution in [0.15, 0.2) is 42.4 Å². The van der Waals surface area contributed by atoms with Crippen LogP contribution < -0.4 is 15.8 Å². The molecule has 6 heteroatoms. The smallest absolute Gasteiger partial charge is 0.138 e. The predicted molar refractivity (Wildman–Crippen MR) is 134 cm³/mol. The van der Waals surface area contributed by atoms with E-state index in [1.54, 1.807) is 6.33 Å². The van der Waals surface area contributed by atoms with Gasteiger partial charge in [-0.3, -0.25) is 4.90 Å². The summed E-state index contributed by atoms with van der Waals surface area (Å²) in [7, 11) is 0. The summed E-state index contributed by atoms with van der Waals surface area (Å²) in [6.45, 7) is 13.2. The van der Waals surface area contributed by atoms with E-state index in [4.69, 9.17) is 0 Å². The lowest BCUT2D eigenvalue weighted by molar-refractivity contribution is 0.276. The average molecular weight is 446 g/mol. The number of nitrogens with one attached hydrogen (secondary N) is 1. The van der Waals surface area contributed by atoms with Gasteiger partial charge in [0.05, 0.1) is 16.4 Å². The first-order valence-corrected chi connectivity index (χ1v) is 12.0. The summed E-state index contributed by atoms with van der Waals surface area (Å²) in [5.41, 5.74) is 5.78. The van der Waals surface area contributed by atoms with Gasteiger partial charge in [-0.2, -0.15) is 0 Å². The van der Waals surface area contributed by atoms with E-state index in [1.165, 1.54) is 31.5 Å². The van der Waals surface area contributed by atoms with Gasteiger partial charge in [0, 0.05) is 35.8 Å². The van der Waals surface area contributed by atoms with Crippen LogP contribution in [0.3, 0.4) is 0 Å². The highest BCUT2D eigenvalue weighted by molar-refractivity contribution is 7.11. The normalized spacial score (nSPS) is 14.7. The molecule has 1 aliphatic rings. The molecular formula is C26H31N5S. The number of fused-ring (bicyclic) bond motifs is 1. The van der Waals surface area contributed by atoms with Crippen molar-refractivity contribution in [1.82, 2.24) is 19.9 Å². The highest BCUT2D eigenvalue weighted by atomic mass is 32.1. The van der Waals surface area contributed by atoms with Crippen LogP contribution in [0.25, 0.3) is 11.6 Å². The third-order valence-corrected chi connectivity index (χ3v) is 7.07. The Morgan fingerprint density at radius 3 is 2.72 bits per heavy atom. The second-order valence-electron chi connectivity index (χ2n) is 8.36. The molecular weight excluding hydrogens is 414 g/mol. The van der Waals surface area contributed by atoms with E-state index in [0.29, 0.717) is 0 Å². The van der Waals surface area contributed by atoms with Gasteiger partial charge in [0.2, 0.25) is 0 Å². The fourth-order valence-corrected chi connectivity index (χ4v) is 5.08. The van der Waals surface area contributed by atoms with Crippen LogP contribution in [0.4, 0.5) is 5.82 Å². The lowest BCUT2D eigenvalue weighted by Gasteiger charge is -2.14. The topological polar surface area (TPSA) is 53.9 Å². The summed E-state index contributed by atoms with van der Waals surface area (Å²) in [5.74, 6) is 0.895. The zero-order valence-corrected chi connectivity index (χ0v) is 20.4. The maximum absolute atomic E-state index is 4.69. The van der Waals surface area contributed by atoms with Crippen molar-refractivity contribution < 1.29 is 0 Å². The van der Waals surface area contributed by atoms with Crippen molar-refractivity contribution in [3.8, 4) is 0 Å². The largest absolute Gasteiger partial charge is 0.340 e. The first-order valence-electron chi connectivity index (χ1n) is 11.2. The molecule has 0 amide bonds. The number of hydrogen-bond donors (Lipinski definition) is 1. The fraction of sp³-hybridized carbons (Fsp3) is 0.346. The van der Waals surface area contributed by atoms with E-state index >= 15 is 0 Å². The molecule has 2 aromatic heterocycles. The molecule has 0 saturated carbocycles. The summed E-state index contributed by atoms with van der Waals surface area (Å²) in [6.07, 6.45) is 6.95. The average Bonchev–Trinajstić information content (AvgIpc) is 3.36. The van der Waals surface area contributed by atoms with E-state index in [1.807, 2.05) is 11.3 Å². The van der Waals surface area contributed by atoms with Gasteiger partial charge in [-0.05, 0) is 50.6 Å². The minimum absolute atomic E-state index is 0.840. The van der Waals surface area contributed by atoms with E-state index in [0.717, 1.165) is 49.0 Å². The van der Waals surface area contributed by atoms with Crippen LogP contribution in [0, 0.1) is 6.92 Å². The van der Waals surface area contributed by atoms with Crippen molar-refractivity contribution in [2.45, 2.75) is 60.7 Å². The molecule has 0 fully saturated rings. The molecule has 0 aliphatic carbocycles. The van der Waals surface area contributed by atoms with Gasteiger partial charge in [-0.25, -0.2) is 15.0 Å². The van der Waals surface area contributed by atoms with Crippen LogP contribution in [0.2, 0.25) is 0 Å². The Hall–Kier alpha value is -2.83. The number of rotatable bonds is 6. The van der Waals surface area contributed by atoms with E-state index in [-0.39, 0.29) is 0 Å². The summed E-state index contributed by atoms with van der Waals surface area (Å²) in [4.78, 5) is 17.6. The number of nitrogens with zero attached hydrogens (tertiary/aromatic N) is 4. The molecule has 32 heavy (non-hydrogen) atoms. The maximum atomic E-state index is 4.69. The third-order valence-electron chi connectivity index (χ3n) is 5.78. The number of benzene rings is 1. The third kappa shape index (κ3) is 4.81. The lowest BCUT2D eigenvalue weighted by Crippen LogP contribution is -2.26. The summed E-state index contributed by atoms with van der Waals surface area (Å²) in [5, 5.41) is 7.24. The van der Waals surface area contributed by atoms with Crippen LogP contribution in [-0.2, 0) is 26.1 Å². The Kier molecular flexibility index (Phi) is 6.82. The Labute approximate surface area is 194 Å². The molecule has 3 heterocycles. The molecule has 0 unspecified atom stereocenters. The van der Waals surface area contributed by atoms with E-state index < -0.39 is 0 Å². The van der Waals surface area contributed by atoms with Crippen LogP contribution >= 0.6 is 11.3 Å². The van der Waals surface area contributed by atoms with Crippen molar-refractivity contribution >= 4 is 28.8 Å². The molecule has 1 aliphatic heterocycles. The van der Waals surface area contributed by atoms with Crippen LogP contribution in [-0.4, -0.2) is 19.9 Å². The number of anilines is 1. The van der Waals surface area contributed by atoms with Gasteiger partial charge < -0.3 is 5.32 Å². The molecule has 4 rings (SSSR count). The molecule has 1 aromatic carbocycles. The zero-order chi connectivity index (χ0) is 22.7. The van der Waals surface area contributed by atoms with E-state index in [2.05, 4.69) is 96.2 Å². The highest BCUT2D eigenvalue weighted by Gasteiger charge is 2.25. The summed E-state index contributed by atoms with van der Waals surface area (Å²) >= 11 is 1.83. The lowest BCUT2D eigenvalue weighted by atomic mass is 10.1. The Morgan fingerprint density at radius 2 is 2.00 bits per heavy atom. The van der Waals surface area contributed by atoms with Crippen molar-refractivity contribution in [2.75, 3.05) is 5.32 Å². The first-order chi connectivity index (χ1) is 15.5. The summed E-state index contributed by atoms with van der Waals surface area (Å²) < 4.78 is 0. The predicted octanol–water partition coefficient (Wildman–Crippen LogP) is 4.31. The molecule has 0 saturated heterocycles. The molecule has 3 aromatic rings. The van der Waals surface area contributed by atoms with Gasteiger partial charge in [0.15, 0.2) is 0 Å². The Balaban J connectivity index is 1.57. The fourth-order valence-electron chi connectivity index (χ4n) is 4.03. The first kappa shape index (κ1) is 22.4. The number of aromatic nitrogens is 3. The van der Waals surface area contributed by atoms with Gasteiger partial charge in [-0.15, -0.1) is 11.3 Å². The van der Waals surface area contributed by atoms with Crippen molar-refractivity contribution in [2.24, 2.45) is 0 Å². The molecule has 0 atom stereocenters. The second-order valence-corrected chi connectivity index (χ2v) is 9.53. The van der Waals surface area contributed by atoms with Gasteiger partial charge in [-0.1, -0.05) is 42.8 Å². The standard InChI is InChI=1S/C26H31N5S/c1-6-20(12-19-10-8-9-11-21(19)17(3)4)30-26-22-13-31(14-23(22)27-16-28-26)15-24-18(5)29-25(7-2)32-24/h6,8-12,16H,7,13-15H2,1-5H3,(H,27,28,30)/b19-12-,20-6+. The monoisotopic (exact) mass is 445 g/mol. The molecule has 0 bridgehead atoms. The Morgan fingerprint density at radius 1 is 1.19 bits per heavy atom. The molecule has 5 nitrogen and oxygen atoms in total. The highest BCUT2D eigenvalue weighted by Crippen LogP contribution is 2.30. The van der Waals surface area contributed by atoms with Crippen molar-refractivity contribution in [3.63, 3.8) is 0 Å². The van der Waals surface area contributed by atoms with E-state index in [9.17, 15) is 0 Å². The molecule has 166 valence electrons. The number of hydrogen-bond acceptors (Lipinski definition) is 6. The summed E-state index contributed by atoms with van der Waals surface area (Å²) in [6, 6.07) is 8.49. The van der Waals surface area contributed by atoms with Crippen molar-refractivity contribution in [3.05, 3.63) is 79.6 Å². The minimum atomic E-state index is 0.840. The van der Waals surface area contributed by atoms with Gasteiger partial charge >= 0.3 is 0 Å². The van der Waals surface area contributed by atoms with Crippen molar-refractivity contribution in [1.29, 1.82) is 0 Å². The SMILES string of the molecule is C/C=C(\C=c1\ccccc1=C(C)C)Nc1ncnc2c1CN(Cc1sc(CC)nc1C)C2. The minimum Gasteiger partial charge on any atom is -0.340 e. The van der Waals surface area contributed by atoms with Crippen LogP contribution in [0.1, 0.15) is 54.5 Å². The Bertz CT molecular complexity index is 1270. The maximum Gasteiger partial charge on any atom is 0.138 e. The zero-order valence-electron chi connectivity index (χ0n) is 19.6. The van der Waals surface area contributed by atoms with Crippen LogP contribution in [0.5, 0.6) is 0 Å². The molecule has 0 radical (unpaired) electrons. The van der Waals surface area contributed by atoms with Gasteiger partial charge in [0.1, 0.15) is 12.1 Å². The number of allylic oxidation sites excluding steroid dienone is 2. The number of thiazole rings is 1. The van der Waals surface area contributed by atoms with Gasteiger partial charge in [0.25, 0.3) is 0 Å².